The van der Waals surface area contributed by atoms with Crippen LogP contribution in [-0.4, -0.2) is 48.9 Å². The van der Waals surface area contributed by atoms with Gasteiger partial charge in [0.2, 0.25) is 10.0 Å². The number of rotatable bonds is 5. The van der Waals surface area contributed by atoms with Crippen LogP contribution in [0.2, 0.25) is 0 Å². The van der Waals surface area contributed by atoms with Crippen LogP contribution >= 0.6 is 0 Å². The third-order valence-electron chi connectivity index (χ3n) is 5.11. The molecule has 0 aliphatic carbocycles. The Morgan fingerprint density at radius 2 is 1.66 bits per heavy atom. The number of hydrogen-bond donors (Lipinski definition) is 0. The molecule has 150 valence electrons. The van der Waals surface area contributed by atoms with Crippen molar-refractivity contribution in [2.45, 2.75) is 12.7 Å². The van der Waals surface area contributed by atoms with Crippen LogP contribution in [0, 0.1) is 6.92 Å². The summed E-state index contributed by atoms with van der Waals surface area (Å²) in [6.45, 7) is 4.19. The second kappa shape index (κ2) is 8.31. The average Bonchev–Trinajstić information content (AvgIpc) is 2.74. The Labute approximate surface area is 171 Å². The van der Waals surface area contributed by atoms with Crippen molar-refractivity contribution in [1.29, 1.82) is 0 Å². The van der Waals surface area contributed by atoms with Crippen LogP contribution in [0.25, 0.3) is 11.3 Å². The lowest BCUT2D eigenvalue weighted by molar-refractivity contribution is 0.383. The summed E-state index contributed by atoms with van der Waals surface area (Å²) in [7, 11) is -3.32. The molecular formula is C22H24N4O2S. The van der Waals surface area contributed by atoms with Crippen molar-refractivity contribution >= 4 is 15.8 Å². The summed E-state index contributed by atoms with van der Waals surface area (Å²) in [5, 5.41) is 0. The molecule has 0 radical (unpaired) electrons. The van der Waals surface area contributed by atoms with E-state index in [0.717, 1.165) is 22.6 Å². The molecule has 4 rings (SSSR count). The van der Waals surface area contributed by atoms with E-state index in [9.17, 15) is 8.42 Å². The number of aromatic nitrogens is 2. The van der Waals surface area contributed by atoms with Crippen molar-refractivity contribution in [1.82, 2.24) is 14.3 Å². The molecule has 0 bridgehead atoms. The fourth-order valence-electron chi connectivity index (χ4n) is 3.55. The lowest BCUT2D eigenvalue weighted by atomic mass is 10.1. The Hall–Kier alpha value is -2.77. The van der Waals surface area contributed by atoms with Gasteiger partial charge in [0.1, 0.15) is 12.1 Å². The molecule has 0 spiro atoms. The van der Waals surface area contributed by atoms with Crippen LogP contribution in [0.15, 0.2) is 67.0 Å². The van der Waals surface area contributed by atoms with Gasteiger partial charge < -0.3 is 4.90 Å². The molecule has 2 aromatic carbocycles. The third-order valence-corrected chi connectivity index (χ3v) is 6.96. The zero-order chi connectivity index (χ0) is 20.3. The van der Waals surface area contributed by atoms with E-state index in [2.05, 4.69) is 33.9 Å². The summed E-state index contributed by atoms with van der Waals surface area (Å²) in [5.41, 5.74) is 3.92. The number of nitrogens with zero attached hydrogens (tertiary/aromatic N) is 4. The predicted molar refractivity (Wildman–Crippen MR) is 115 cm³/mol. The normalized spacial score (nSPS) is 15.4. The molecule has 29 heavy (non-hydrogen) atoms. The lowest BCUT2D eigenvalue weighted by Crippen LogP contribution is -2.49. The monoisotopic (exact) mass is 408 g/mol. The van der Waals surface area contributed by atoms with Crippen LogP contribution in [0.3, 0.4) is 0 Å². The Kier molecular flexibility index (Phi) is 5.60. The molecule has 0 unspecified atom stereocenters. The van der Waals surface area contributed by atoms with Gasteiger partial charge in [0.15, 0.2) is 0 Å². The van der Waals surface area contributed by atoms with E-state index >= 15 is 0 Å². The third kappa shape index (κ3) is 4.63. The highest BCUT2D eigenvalue weighted by atomic mass is 32.2. The summed E-state index contributed by atoms with van der Waals surface area (Å²) in [6.07, 6.45) is 1.57. The number of anilines is 1. The van der Waals surface area contributed by atoms with Gasteiger partial charge in [-0.2, -0.15) is 4.31 Å². The fourth-order valence-corrected chi connectivity index (χ4v) is 5.07. The van der Waals surface area contributed by atoms with Crippen LogP contribution in [0.1, 0.15) is 11.1 Å². The van der Waals surface area contributed by atoms with E-state index in [1.807, 2.05) is 48.5 Å². The summed E-state index contributed by atoms with van der Waals surface area (Å²) in [4.78, 5) is 10.9. The maximum atomic E-state index is 12.8. The molecule has 1 saturated heterocycles. The molecule has 2 heterocycles. The highest BCUT2D eigenvalue weighted by Gasteiger charge is 2.27. The van der Waals surface area contributed by atoms with Crippen molar-refractivity contribution in [2.75, 3.05) is 31.1 Å². The van der Waals surface area contributed by atoms with Crippen molar-refractivity contribution in [3.8, 4) is 11.3 Å². The van der Waals surface area contributed by atoms with Gasteiger partial charge in [-0.1, -0.05) is 54.1 Å². The highest BCUT2D eigenvalue weighted by Crippen LogP contribution is 2.23. The van der Waals surface area contributed by atoms with E-state index in [1.54, 1.807) is 10.6 Å². The van der Waals surface area contributed by atoms with E-state index in [4.69, 9.17) is 0 Å². The fraction of sp³-hybridized carbons (Fsp3) is 0.273. The Morgan fingerprint density at radius 1 is 0.897 bits per heavy atom. The van der Waals surface area contributed by atoms with E-state index in [-0.39, 0.29) is 5.75 Å². The summed E-state index contributed by atoms with van der Waals surface area (Å²) in [6, 6.07) is 19.5. The van der Waals surface area contributed by atoms with E-state index in [1.165, 1.54) is 5.56 Å². The molecule has 0 atom stereocenters. The van der Waals surface area contributed by atoms with Gasteiger partial charge >= 0.3 is 0 Å². The largest absolute Gasteiger partial charge is 0.354 e. The minimum atomic E-state index is -3.32. The lowest BCUT2D eigenvalue weighted by Gasteiger charge is -2.34. The van der Waals surface area contributed by atoms with Gasteiger partial charge in [0.05, 0.1) is 11.4 Å². The van der Waals surface area contributed by atoms with Crippen molar-refractivity contribution in [2.24, 2.45) is 0 Å². The first-order chi connectivity index (χ1) is 14.0. The van der Waals surface area contributed by atoms with Crippen LogP contribution in [0.5, 0.6) is 0 Å². The average molecular weight is 409 g/mol. The second-order valence-corrected chi connectivity index (χ2v) is 9.23. The van der Waals surface area contributed by atoms with Gasteiger partial charge in [-0.25, -0.2) is 18.4 Å². The molecule has 0 N–H and O–H groups in total. The summed E-state index contributed by atoms with van der Waals surface area (Å²) in [5.74, 6) is 0.871. The number of sulfonamides is 1. The molecule has 6 nitrogen and oxygen atoms in total. The smallest absolute Gasteiger partial charge is 0.218 e. The molecular weight excluding hydrogens is 384 g/mol. The Bertz CT molecular complexity index is 1080. The van der Waals surface area contributed by atoms with Gasteiger partial charge in [-0.3, -0.25) is 0 Å². The molecule has 1 aliphatic heterocycles. The molecule has 3 aromatic rings. The van der Waals surface area contributed by atoms with Gasteiger partial charge in [0, 0.05) is 37.8 Å². The first-order valence-electron chi connectivity index (χ1n) is 9.67. The SMILES string of the molecule is Cc1cccc(-c2cc(N3CCN(S(=O)(=O)Cc4ccccc4)CC3)ncn2)c1. The number of benzene rings is 2. The van der Waals surface area contributed by atoms with Crippen molar-refractivity contribution in [3.63, 3.8) is 0 Å². The molecule has 0 amide bonds. The molecule has 7 heteroatoms. The van der Waals surface area contributed by atoms with Gasteiger partial charge in [-0.15, -0.1) is 0 Å². The zero-order valence-corrected chi connectivity index (χ0v) is 17.2. The van der Waals surface area contributed by atoms with Crippen LogP contribution in [0.4, 0.5) is 5.82 Å². The first-order valence-corrected chi connectivity index (χ1v) is 11.3. The quantitative estimate of drug-likeness (QED) is 0.649. The summed E-state index contributed by atoms with van der Waals surface area (Å²) >= 11 is 0. The standard InChI is InChI=1S/C22H24N4O2S/c1-18-6-5-9-20(14-18)21-15-22(24-17-23-21)25-10-12-26(13-11-25)29(27,28)16-19-7-3-2-4-8-19/h2-9,14-15,17H,10-13,16H2,1H3. The zero-order valence-electron chi connectivity index (χ0n) is 16.4. The minimum absolute atomic E-state index is 0.0405. The Balaban J connectivity index is 1.44. The number of piperazine rings is 1. The predicted octanol–water partition coefficient (Wildman–Crippen LogP) is 3.10. The Morgan fingerprint density at radius 3 is 2.38 bits per heavy atom. The molecule has 1 aliphatic rings. The van der Waals surface area contributed by atoms with E-state index in [0.29, 0.717) is 26.2 Å². The van der Waals surface area contributed by atoms with Crippen LogP contribution < -0.4 is 4.90 Å². The summed E-state index contributed by atoms with van der Waals surface area (Å²) < 4.78 is 27.1. The van der Waals surface area contributed by atoms with Crippen molar-refractivity contribution < 1.29 is 8.42 Å². The van der Waals surface area contributed by atoms with E-state index < -0.39 is 10.0 Å². The number of hydrogen-bond acceptors (Lipinski definition) is 5. The topological polar surface area (TPSA) is 66.4 Å². The maximum Gasteiger partial charge on any atom is 0.218 e. The first kappa shape index (κ1) is 19.5. The van der Waals surface area contributed by atoms with Gasteiger partial charge in [-0.05, 0) is 18.6 Å². The van der Waals surface area contributed by atoms with Gasteiger partial charge in [0.25, 0.3) is 0 Å². The highest BCUT2D eigenvalue weighted by molar-refractivity contribution is 7.88. The molecule has 0 saturated carbocycles. The molecule has 1 aromatic heterocycles. The van der Waals surface area contributed by atoms with Crippen LogP contribution in [-0.2, 0) is 15.8 Å². The molecule has 1 fully saturated rings. The number of aryl methyl sites for hydroxylation is 1. The minimum Gasteiger partial charge on any atom is -0.354 e. The second-order valence-electron chi connectivity index (χ2n) is 7.26. The maximum absolute atomic E-state index is 12.8. The van der Waals surface area contributed by atoms with Crippen molar-refractivity contribution in [3.05, 3.63) is 78.1 Å².